The van der Waals surface area contributed by atoms with E-state index in [1.54, 1.807) is 28.9 Å². The lowest BCUT2D eigenvalue weighted by Gasteiger charge is -2.30. The Hall–Kier alpha value is -4.04. The van der Waals surface area contributed by atoms with E-state index in [0.717, 1.165) is 11.1 Å². The van der Waals surface area contributed by atoms with Gasteiger partial charge in [-0.2, -0.15) is 0 Å². The first kappa shape index (κ1) is 21.8. The predicted octanol–water partition coefficient (Wildman–Crippen LogP) is 4.86. The van der Waals surface area contributed by atoms with E-state index in [1.807, 2.05) is 61.5 Å². The zero-order valence-corrected chi connectivity index (χ0v) is 19.1. The average Bonchev–Trinajstić information content (AvgIpc) is 3.32. The van der Waals surface area contributed by atoms with E-state index in [0.29, 0.717) is 34.7 Å². The van der Waals surface area contributed by atoms with Gasteiger partial charge in [0.05, 0.1) is 6.04 Å². The molecular formula is C25H21ClN6O2. The van der Waals surface area contributed by atoms with Crippen molar-refractivity contribution in [3.05, 3.63) is 95.0 Å². The van der Waals surface area contributed by atoms with Gasteiger partial charge in [-0.1, -0.05) is 59.2 Å². The number of carbonyl (C=O) groups is 1. The molecule has 4 aromatic rings. The molecule has 34 heavy (non-hydrogen) atoms. The van der Waals surface area contributed by atoms with Crippen LogP contribution in [0, 0.1) is 5.92 Å². The SMILES string of the molecule is CC1=Nc2nnnn2C(c2cccc(OCc3ccccc3)c2)C1C(=O)Nc1ccc(Cl)cc1. The Balaban J connectivity index is 1.45. The fraction of sp³-hybridized carbons (Fsp3) is 0.160. The van der Waals surface area contributed by atoms with Gasteiger partial charge in [-0.3, -0.25) is 4.79 Å². The van der Waals surface area contributed by atoms with Crippen molar-refractivity contribution in [3.8, 4) is 5.75 Å². The summed E-state index contributed by atoms with van der Waals surface area (Å²) < 4.78 is 7.60. The summed E-state index contributed by atoms with van der Waals surface area (Å²) >= 11 is 5.98. The molecule has 1 amide bonds. The van der Waals surface area contributed by atoms with Gasteiger partial charge in [0.25, 0.3) is 5.95 Å². The van der Waals surface area contributed by atoms with Crippen LogP contribution in [0.2, 0.25) is 5.02 Å². The average molecular weight is 473 g/mol. The van der Waals surface area contributed by atoms with Crippen molar-refractivity contribution in [3.63, 3.8) is 0 Å². The van der Waals surface area contributed by atoms with Crippen LogP contribution in [0.1, 0.15) is 24.1 Å². The fourth-order valence-electron chi connectivity index (χ4n) is 3.99. The molecule has 2 unspecified atom stereocenters. The highest BCUT2D eigenvalue weighted by molar-refractivity contribution is 6.30. The number of hydrogen-bond donors (Lipinski definition) is 1. The molecule has 0 aliphatic carbocycles. The zero-order valence-electron chi connectivity index (χ0n) is 18.3. The van der Waals surface area contributed by atoms with E-state index in [4.69, 9.17) is 16.3 Å². The molecule has 0 saturated carbocycles. The Labute approximate surface area is 201 Å². The van der Waals surface area contributed by atoms with Crippen molar-refractivity contribution in [2.45, 2.75) is 19.6 Å². The maximum absolute atomic E-state index is 13.4. The minimum atomic E-state index is -0.629. The fourth-order valence-corrected chi connectivity index (χ4v) is 4.11. The number of aromatic nitrogens is 4. The minimum absolute atomic E-state index is 0.217. The Bertz CT molecular complexity index is 1340. The lowest BCUT2D eigenvalue weighted by molar-refractivity contribution is -0.118. The van der Waals surface area contributed by atoms with Gasteiger partial charge in [0.1, 0.15) is 18.3 Å². The van der Waals surface area contributed by atoms with Crippen LogP contribution in [0.25, 0.3) is 0 Å². The van der Waals surface area contributed by atoms with Crippen LogP contribution in [0.3, 0.4) is 0 Å². The Morgan fingerprint density at radius 1 is 1.06 bits per heavy atom. The second-order valence-electron chi connectivity index (χ2n) is 7.94. The summed E-state index contributed by atoms with van der Waals surface area (Å²) in [5, 5.41) is 15.5. The molecule has 1 aliphatic heterocycles. The van der Waals surface area contributed by atoms with Crippen LogP contribution in [0.4, 0.5) is 11.6 Å². The maximum Gasteiger partial charge on any atom is 0.269 e. The van der Waals surface area contributed by atoms with Crippen molar-refractivity contribution in [1.82, 2.24) is 20.2 Å². The number of ether oxygens (including phenoxy) is 1. The number of nitrogens with zero attached hydrogens (tertiary/aromatic N) is 5. The van der Waals surface area contributed by atoms with E-state index in [1.165, 1.54) is 0 Å². The number of amides is 1. The number of rotatable bonds is 6. The highest BCUT2D eigenvalue weighted by Crippen LogP contribution is 2.36. The van der Waals surface area contributed by atoms with E-state index >= 15 is 0 Å². The van der Waals surface area contributed by atoms with Crippen molar-refractivity contribution in [1.29, 1.82) is 0 Å². The van der Waals surface area contributed by atoms with Gasteiger partial charge in [0.2, 0.25) is 5.91 Å². The molecule has 0 saturated heterocycles. The standard InChI is InChI=1S/C25H21ClN6O2/c1-16-22(24(33)28-20-12-10-19(26)11-13-20)23(32-25(27-16)29-30-31-32)18-8-5-9-21(14-18)34-15-17-6-3-2-4-7-17/h2-14,22-23H,15H2,1H3,(H,28,33). The van der Waals surface area contributed by atoms with Gasteiger partial charge in [-0.25, -0.2) is 9.67 Å². The van der Waals surface area contributed by atoms with Gasteiger partial charge < -0.3 is 10.1 Å². The molecule has 1 aliphatic rings. The topological polar surface area (TPSA) is 94.3 Å². The monoisotopic (exact) mass is 472 g/mol. The number of aliphatic imine (C=N–C) groups is 1. The van der Waals surface area contributed by atoms with Crippen LogP contribution in [-0.4, -0.2) is 31.8 Å². The lowest BCUT2D eigenvalue weighted by Crippen LogP contribution is -2.39. The predicted molar refractivity (Wildman–Crippen MR) is 130 cm³/mol. The third kappa shape index (κ3) is 4.53. The molecule has 2 atom stereocenters. The van der Waals surface area contributed by atoms with Crippen LogP contribution < -0.4 is 10.1 Å². The first-order chi connectivity index (χ1) is 16.6. The first-order valence-corrected chi connectivity index (χ1v) is 11.1. The second-order valence-corrected chi connectivity index (χ2v) is 8.38. The van der Waals surface area contributed by atoms with Crippen LogP contribution in [-0.2, 0) is 11.4 Å². The van der Waals surface area contributed by atoms with E-state index in [2.05, 4.69) is 25.8 Å². The summed E-state index contributed by atoms with van der Waals surface area (Å²) in [4.78, 5) is 17.9. The van der Waals surface area contributed by atoms with Crippen molar-refractivity contribution < 1.29 is 9.53 Å². The summed E-state index contributed by atoms with van der Waals surface area (Å²) in [6.45, 7) is 2.25. The number of benzene rings is 3. The maximum atomic E-state index is 13.4. The van der Waals surface area contributed by atoms with E-state index in [-0.39, 0.29) is 5.91 Å². The first-order valence-electron chi connectivity index (χ1n) is 10.7. The summed E-state index contributed by atoms with van der Waals surface area (Å²) in [5.41, 5.74) is 3.17. The number of hydrogen-bond acceptors (Lipinski definition) is 6. The van der Waals surface area contributed by atoms with Gasteiger partial charge in [-0.15, -0.1) is 0 Å². The van der Waals surface area contributed by atoms with E-state index in [9.17, 15) is 4.79 Å². The van der Waals surface area contributed by atoms with Crippen LogP contribution in [0.5, 0.6) is 5.75 Å². The van der Waals surface area contributed by atoms with Crippen molar-refractivity contribution in [2.75, 3.05) is 5.32 Å². The molecule has 170 valence electrons. The highest BCUT2D eigenvalue weighted by Gasteiger charge is 2.39. The van der Waals surface area contributed by atoms with Gasteiger partial charge in [0, 0.05) is 16.4 Å². The molecule has 3 aromatic carbocycles. The summed E-state index contributed by atoms with van der Waals surface area (Å²) in [5.74, 6) is 0.197. The summed E-state index contributed by atoms with van der Waals surface area (Å²) in [6.07, 6.45) is 0. The third-order valence-corrected chi connectivity index (χ3v) is 5.88. The number of halogens is 1. The quantitative estimate of drug-likeness (QED) is 0.432. The summed E-state index contributed by atoms with van der Waals surface area (Å²) in [7, 11) is 0. The van der Waals surface area contributed by atoms with Crippen molar-refractivity contribution in [2.24, 2.45) is 10.9 Å². The van der Waals surface area contributed by atoms with Gasteiger partial charge in [-0.05, 0) is 64.9 Å². The Morgan fingerprint density at radius 2 is 1.85 bits per heavy atom. The number of anilines is 1. The third-order valence-electron chi connectivity index (χ3n) is 5.62. The molecule has 2 heterocycles. The van der Waals surface area contributed by atoms with Gasteiger partial charge >= 0.3 is 0 Å². The molecule has 0 radical (unpaired) electrons. The number of tetrazole rings is 1. The molecular weight excluding hydrogens is 452 g/mol. The lowest BCUT2D eigenvalue weighted by atomic mass is 9.87. The normalized spacial score (nSPS) is 16.9. The second kappa shape index (κ2) is 9.44. The largest absolute Gasteiger partial charge is 0.489 e. The Kier molecular flexibility index (Phi) is 6.05. The van der Waals surface area contributed by atoms with E-state index < -0.39 is 12.0 Å². The minimum Gasteiger partial charge on any atom is -0.489 e. The molecule has 5 rings (SSSR count). The molecule has 0 fully saturated rings. The van der Waals surface area contributed by atoms with Crippen molar-refractivity contribution >= 4 is 34.9 Å². The molecule has 1 aromatic heterocycles. The molecule has 0 spiro atoms. The molecule has 1 N–H and O–H groups in total. The van der Waals surface area contributed by atoms with Crippen LogP contribution in [0.15, 0.2) is 83.9 Å². The highest BCUT2D eigenvalue weighted by atomic mass is 35.5. The zero-order chi connectivity index (χ0) is 23.5. The number of fused-ring (bicyclic) bond motifs is 1. The number of carbonyl (C=O) groups excluding carboxylic acids is 1. The summed E-state index contributed by atoms with van der Waals surface area (Å²) in [6, 6.07) is 24.0. The Morgan fingerprint density at radius 3 is 2.65 bits per heavy atom. The van der Waals surface area contributed by atoms with Crippen LogP contribution >= 0.6 is 11.6 Å². The number of nitrogens with one attached hydrogen (secondary N) is 1. The molecule has 9 heteroatoms. The smallest absolute Gasteiger partial charge is 0.269 e. The molecule has 8 nitrogen and oxygen atoms in total. The van der Waals surface area contributed by atoms with Gasteiger partial charge in [0.15, 0.2) is 0 Å². The molecule has 0 bridgehead atoms.